The predicted octanol–water partition coefficient (Wildman–Crippen LogP) is 1.87. The number of benzene rings is 1. The number of rotatable bonds is 6. The van der Waals surface area contributed by atoms with E-state index in [2.05, 4.69) is 10.6 Å². The van der Waals surface area contributed by atoms with Crippen molar-refractivity contribution in [2.24, 2.45) is 5.92 Å². The maximum absolute atomic E-state index is 12.8. The summed E-state index contributed by atoms with van der Waals surface area (Å²) in [7, 11) is 0. The molecule has 3 rings (SSSR count). The number of carbonyl (C=O) groups is 5. The molecule has 9 nitrogen and oxygen atoms in total. The van der Waals surface area contributed by atoms with Crippen molar-refractivity contribution in [3.05, 3.63) is 29.8 Å². The van der Waals surface area contributed by atoms with Gasteiger partial charge in [-0.25, -0.2) is 4.79 Å². The van der Waals surface area contributed by atoms with Gasteiger partial charge in [0.05, 0.1) is 5.69 Å². The predicted molar refractivity (Wildman–Crippen MR) is 107 cm³/mol. The summed E-state index contributed by atoms with van der Waals surface area (Å²) in [6, 6.07) is 5.85. The molecule has 0 bridgehead atoms. The number of para-hydroxylation sites is 1. The molecule has 1 aliphatic heterocycles. The normalized spacial score (nSPS) is 23.3. The van der Waals surface area contributed by atoms with Crippen LogP contribution in [0.3, 0.4) is 0 Å². The zero-order valence-corrected chi connectivity index (χ0v) is 17.0. The van der Waals surface area contributed by atoms with Gasteiger partial charge in [-0.2, -0.15) is 0 Å². The molecule has 2 aliphatic rings. The van der Waals surface area contributed by atoms with Gasteiger partial charge in [-0.3, -0.25) is 24.1 Å². The molecule has 1 saturated heterocycles. The zero-order valence-electron chi connectivity index (χ0n) is 17.0. The third-order valence-electron chi connectivity index (χ3n) is 5.73. The van der Waals surface area contributed by atoms with Gasteiger partial charge in [0.2, 0.25) is 0 Å². The highest BCUT2D eigenvalue weighted by atomic mass is 16.5. The van der Waals surface area contributed by atoms with Crippen LogP contribution in [0.5, 0.6) is 0 Å². The van der Waals surface area contributed by atoms with Crippen molar-refractivity contribution in [3.8, 4) is 0 Å². The topological polar surface area (TPSA) is 122 Å². The number of Topliss-reactive ketones (excluding diaryl/α,β-unsaturated/α-hetero) is 1. The van der Waals surface area contributed by atoms with Crippen LogP contribution in [0, 0.1) is 5.92 Å². The van der Waals surface area contributed by atoms with Crippen LogP contribution >= 0.6 is 0 Å². The van der Waals surface area contributed by atoms with Crippen molar-refractivity contribution in [3.63, 3.8) is 0 Å². The number of nitrogens with one attached hydrogen (secondary N) is 2. The number of ketones is 1. The Bertz CT molecular complexity index is 898. The van der Waals surface area contributed by atoms with Crippen molar-refractivity contribution in [2.45, 2.75) is 45.1 Å². The quantitative estimate of drug-likeness (QED) is 0.416. The van der Waals surface area contributed by atoms with Gasteiger partial charge in [0.15, 0.2) is 12.4 Å². The summed E-state index contributed by atoms with van der Waals surface area (Å²) in [5.74, 6) is -2.15. The minimum atomic E-state index is -0.955. The first-order valence-corrected chi connectivity index (χ1v) is 9.94. The van der Waals surface area contributed by atoms with E-state index < -0.39 is 42.5 Å². The summed E-state index contributed by atoms with van der Waals surface area (Å²) >= 11 is 0. The molecule has 30 heavy (non-hydrogen) atoms. The van der Waals surface area contributed by atoms with E-state index in [1.165, 1.54) is 6.92 Å². The van der Waals surface area contributed by atoms with Crippen LogP contribution in [-0.2, 0) is 19.1 Å². The number of carbonyl (C=O) groups excluding carboxylic acids is 5. The second kappa shape index (κ2) is 8.64. The van der Waals surface area contributed by atoms with Crippen LogP contribution in [0.25, 0.3) is 0 Å². The van der Waals surface area contributed by atoms with Crippen LogP contribution in [0.1, 0.15) is 49.9 Å². The maximum Gasteiger partial charge on any atom is 0.326 e. The largest absolute Gasteiger partial charge is 0.454 e. The lowest BCUT2D eigenvalue weighted by Gasteiger charge is -2.36. The van der Waals surface area contributed by atoms with Gasteiger partial charge < -0.3 is 15.4 Å². The summed E-state index contributed by atoms with van der Waals surface area (Å²) < 4.78 is 4.93. The molecule has 2 fully saturated rings. The molecule has 0 unspecified atom stereocenters. The van der Waals surface area contributed by atoms with E-state index in [-0.39, 0.29) is 11.7 Å². The average molecular weight is 415 g/mol. The van der Waals surface area contributed by atoms with Gasteiger partial charge >= 0.3 is 12.0 Å². The van der Waals surface area contributed by atoms with E-state index in [0.717, 1.165) is 24.2 Å². The third-order valence-corrected chi connectivity index (χ3v) is 5.73. The Morgan fingerprint density at radius 2 is 1.97 bits per heavy atom. The Labute approximate surface area is 174 Å². The molecule has 0 radical (unpaired) electrons. The summed E-state index contributed by atoms with van der Waals surface area (Å²) in [6.45, 7) is 2.14. The fourth-order valence-corrected chi connectivity index (χ4v) is 4.05. The first kappa shape index (κ1) is 21.5. The lowest BCUT2D eigenvalue weighted by molar-refractivity contribution is -0.150. The number of imide groups is 1. The van der Waals surface area contributed by atoms with Crippen molar-refractivity contribution in [1.29, 1.82) is 0 Å². The highest BCUT2D eigenvalue weighted by molar-refractivity contribution is 6.09. The highest BCUT2D eigenvalue weighted by Gasteiger charge is 2.55. The Kier molecular flexibility index (Phi) is 6.19. The monoisotopic (exact) mass is 415 g/mol. The molecule has 1 aromatic rings. The third kappa shape index (κ3) is 4.19. The molecule has 1 aromatic carbocycles. The molecule has 2 atom stereocenters. The molecule has 1 heterocycles. The van der Waals surface area contributed by atoms with E-state index in [1.807, 2.05) is 6.92 Å². The van der Waals surface area contributed by atoms with Crippen LogP contribution in [-0.4, -0.2) is 53.2 Å². The summed E-state index contributed by atoms with van der Waals surface area (Å²) in [6.07, 6.45) is 3.20. The number of ether oxygens (including phenoxy) is 1. The number of nitrogens with zero attached hydrogens (tertiary/aromatic N) is 1. The standard InChI is InChI=1S/C21H25N3O6/c1-13-7-5-6-10-21(13)19(28)24(20(29)23-21)11-18(27)30-12-17(26)22-16-9-4-3-8-15(16)14(2)25/h3-4,8-9,13H,5-7,10-12H2,1-2H3,(H,22,26)(H,23,29)/t13-,21-/m1/s1. The summed E-state index contributed by atoms with van der Waals surface area (Å²) in [5.41, 5.74) is -0.305. The lowest BCUT2D eigenvalue weighted by Crippen LogP contribution is -2.54. The van der Waals surface area contributed by atoms with Crippen molar-refractivity contribution >= 4 is 35.3 Å². The molecule has 9 heteroatoms. The molecular formula is C21H25N3O6. The molecule has 1 saturated carbocycles. The maximum atomic E-state index is 12.8. The van der Waals surface area contributed by atoms with Crippen LogP contribution < -0.4 is 10.6 Å². The van der Waals surface area contributed by atoms with E-state index >= 15 is 0 Å². The Hall–Kier alpha value is -3.23. The number of esters is 1. The number of amides is 4. The summed E-state index contributed by atoms with van der Waals surface area (Å²) in [5, 5.41) is 5.27. The number of hydrogen-bond acceptors (Lipinski definition) is 6. The Morgan fingerprint density at radius 3 is 2.67 bits per heavy atom. The molecular weight excluding hydrogens is 390 g/mol. The van der Waals surface area contributed by atoms with E-state index in [4.69, 9.17) is 4.74 Å². The molecule has 0 aromatic heterocycles. The van der Waals surface area contributed by atoms with Gasteiger partial charge in [-0.15, -0.1) is 0 Å². The van der Waals surface area contributed by atoms with E-state index in [0.29, 0.717) is 17.7 Å². The molecule has 4 amide bonds. The van der Waals surface area contributed by atoms with Gasteiger partial charge in [0, 0.05) is 5.56 Å². The number of anilines is 1. The van der Waals surface area contributed by atoms with Crippen molar-refractivity contribution in [2.75, 3.05) is 18.5 Å². The zero-order chi connectivity index (χ0) is 21.9. The molecule has 1 aliphatic carbocycles. The second-order valence-corrected chi connectivity index (χ2v) is 7.75. The van der Waals surface area contributed by atoms with Crippen LogP contribution in [0.15, 0.2) is 24.3 Å². The number of urea groups is 1. The second-order valence-electron chi connectivity index (χ2n) is 7.75. The Morgan fingerprint density at radius 1 is 1.23 bits per heavy atom. The molecule has 160 valence electrons. The first-order valence-electron chi connectivity index (χ1n) is 9.94. The van der Waals surface area contributed by atoms with Crippen molar-refractivity contribution in [1.82, 2.24) is 10.2 Å². The van der Waals surface area contributed by atoms with Gasteiger partial charge in [-0.05, 0) is 37.8 Å². The Balaban J connectivity index is 1.55. The number of hydrogen-bond donors (Lipinski definition) is 2. The summed E-state index contributed by atoms with van der Waals surface area (Å²) in [4.78, 5) is 61.8. The average Bonchev–Trinajstić information content (AvgIpc) is 2.94. The van der Waals surface area contributed by atoms with E-state index in [1.54, 1.807) is 24.3 Å². The SMILES string of the molecule is CC(=O)c1ccccc1NC(=O)COC(=O)CN1C(=O)N[C@@]2(CCCC[C@H]2C)C1=O. The van der Waals surface area contributed by atoms with Crippen LogP contribution in [0.4, 0.5) is 10.5 Å². The minimum absolute atomic E-state index is 0.0177. The lowest BCUT2D eigenvalue weighted by atomic mass is 9.73. The van der Waals surface area contributed by atoms with Crippen molar-refractivity contribution < 1.29 is 28.7 Å². The highest BCUT2D eigenvalue weighted by Crippen LogP contribution is 2.38. The minimum Gasteiger partial charge on any atom is -0.454 e. The fraction of sp³-hybridized carbons (Fsp3) is 0.476. The van der Waals surface area contributed by atoms with E-state index in [9.17, 15) is 24.0 Å². The fourth-order valence-electron chi connectivity index (χ4n) is 4.05. The van der Waals surface area contributed by atoms with Gasteiger partial charge in [0.1, 0.15) is 12.1 Å². The van der Waals surface area contributed by atoms with Crippen LogP contribution in [0.2, 0.25) is 0 Å². The van der Waals surface area contributed by atoms with Gasteiger partial charge in [-0.1, -0.05) is 31.9 Å². The molecule has 1 spiro atoms. The van der Waals surface area contributed by atoms with Gasteiger partial charge in [0.25, 0.3) is 11.8 Å². The smallest absolute Gasteiger partial charge is 0.326 e. The molecule has 2 N–H and O–H groups in total. The first-order chi connectivity index (χ1) is 14.2.